The molecule has 0 bridgehead atoms. The average molecular weight is 327 g/mol. The lowest BCUT2D eigenvalue weighted by molar-refractivity contribution is 0.481. The fourth-order valence-corrected chi connectivity index (χ4v) is 3.56. The molecule has 0 radical (unpaired) electrons. The molecule has 0 atom stereocenters. The van der Waals surface area contributed by atoms with Crippen LogP contribution in [0, 0.1) is 5.92 Å². The molecule has 1 rings (SSSR count). The van der Waals surface area contributed by atoms with Gasteiger partial charge in [0.25, 0.3) is 10.1 Å². The molecule has 1 N–H and O–H groups in total. The van der Waals surface area contributed by atoms with Crippen molar-refractivity contribution in [3.05, 3.63) is 29.3 Å². The summed E-state index contributed by atoms with van der Waals surface area (Å²) < 4.78 is 32.6. The first-order valence-corrected chi connectivity index (χ1v) is 9.88. The van der Waals surface area contributed by atoms with Crippen molar-refractivity contribution in [1.82, 2.24) is 0 Å². The monoisotopic (exact) mass is 326 g/mol. The zero-order valence-corrected chi connectivity index (χ0v) is 15.0. The molecule has 0 saturated heterocycles. The Morgan fingerprint density at radius 3 is 2.36 bits per heavy atom. The summed E-state index contributed by atoms with van der Waals surface area (Å²) in [5.74, 6) is 0.739. The van der Waals surface area contributed by atoms with Crippen LogP contribution in [0.25, 0.3) is 0 Å². The molecule has 126 valence electrons. The quantitative estimate of drug-likeness (QED) is 0.484. The van der Waals surface area contributed by atoms with Crippen molar-refractivity contribution in [1.29, 1.82) is 0 Å². The Hall–Kier alpha value is -0.870. The molecule has 3 nitrogen and oxygen atoms in total. The van der Waals surface area contributed by atoms with Crippen molar-refractivity contribution in [3.63, 3.8) is 0 Å². The van der Waals surface area contributed by atoms with Gasteiger partial charge in [0.05, 0.1) is 4.90 Å². The van der Waals surface area contributed by atoms with E-state index in [4.69, 9.17) is 0 Å². The number of hydrogen-bond donors (Lipinski definition) is 1. The Balaban J connectivity index is 2.80. The van der Waals surface area contributed by atoms with Crippen LogP contribution in [0.5, 0.6) is 0 Å². The summed E-state index contributed by atoms with van der Waals surface area (Å²) in [7, 11) is -4.13. The molecule has 0 aliphatic rings. The van der Waals surface area contributed by atoms with E-state index < -0.39 is 10.1 Å². The number of hydrogen-bond acceptors (Lipinski definition) is 2. The third-order valence-electron chi connectivity index (χ3n) is 4.02. The molecule has 22 heavy (non-hydrogen) atoms. The Labute approximate surface area is 135 Å². The second-order valence-corrected chi connectivity index (χ2v) is 7.86. The largest absolute Gasteiger partial charge is 0.294 e. The van der Waals surface area contributed by atoms with Crippen LogP contribution in [0.4, 0.5) is 0 Å². The van der Waals surface area contributed by atoms with Crippen molar-refractivity contribution in [2.45, 2.75) is 77.0 Å². The Kier molecular flexibility index (Phi) is 8.12. The molecule has 1 aromatic carbocycles. The molecule has 0 amide bonds. The molecule has 1 aromatic rings. The van der Waals surface area contributed by atoms with E-state index >= 15 is 0 Å². The van der Waals surface area contributed by atoms with Crippen LogP contribution >= 0.6 is 0 Å². The zero-order chi connectivity index (χ0) is 16.6. The first kappa shape index (κ1) is 19.2. The summed E-state index contributed by atoms with van der Waals surface area (Å²) in [5, 5.41) is 0. The van der Waals surface area contributed by atoms with Gasteiger partial charge in [0.2, 0.25) is 0 Å². The Bertz CT molecular complexity index is 547. The van der Waals surface area contributed by atoms with Gasteiger partial charge in [-0.1, -0.05) is 58.6 Å². The maximum Gasteiger partial charge on any atom is 0.294 e. The van der Waals surface area contributed by atoms with Crippen LogP contribution in [0.1, 0.15) is 70.4 Å². The van der Waals surface area contributed by atoms with Crippen LogP contribution in [-0.2, 0) is 23.0 Å². The van der Waals surface area contributed by atoms with Crippen LogP contribution in [-0.4, -0.2) is 13.0 Å². The van der Waals surface area contributed by atoms with Gasteiger partial charge in [0.15, 0.2) is 0 Å². The van der Waals surface area contributed by atoms with Gasteiger partial charge in [-0.3, -0.25) is 4.55 Å². The summed E-state index contributed by atoms with van der Waals surface area (Å²) in [4.78, 5) is 0.0978. The summed E-state index contributed by atoms with van der Waals surface area (Å²) in [6.45, 7) is 6.55. The number of unbranched alkanes of at least 4 members (excludes halogenated alkanes) is 3. The molecule has 0 heterocycles. The van der Waals surface area contributed by atoms with Gasteiger partial charge >= 0.3 is 0 Å². The van der Waals surface area contributed by atoms with E-state index in [1.54, 1.807) is 6.07 Å². The van der Waals surface area contributed by atoms with Gasteiger partial charge in [-0.15, -0.1) is 0 Å². The van der Waals surface area contributed by atoms with Gasteiger partial charge in [0, 0.05) is 0 Å². The lowest BCUT2D eigenvalue weighted by Gasteiger charge is -2.13. The van der Waals surface area contributed by atoms with E-state index in [1.807, 2.05) is 6.07 Å². The Morgan fingerprint density at radius 2 is 1.77 bits per heavy atom. The highest BCUT2D eigenvalue weighted by Crippen LogP contribution is 2.24. The van der Waals surface area contributed by atoms with Gasteiger partial charge in [-0.25, -0.2) is 0 Å². The van der Waals surface area contributed by atoms with E-state index in [2.05, 4.69) is 20.8 Å². The molecule has 0 spiro atoms. The smallest absolute Gasteiger partial charge is 0.282 e. The third kappa shape index (κ3) is 6.49. The van der Waals surface area contributed by atoms with Crippen molar-refractivity contribution in [2.75, 3.05) is 0 Å². The van der Waals surface area contributed by atoms with E-state index in [1.165, 1.54) is 25.3 Å². The minimum Gasteiger partial charge on any atom is -0.282 e. The fraction of sp³-hybridized carbons (Fsp3) is 0.667. The normalized spacial score (nSPS) is 12.0. The number of aryl methyl sites for hydroxylation is 1. The number of benzene rings is 1. The minimum absolute atomic E-state index is 0.0978. The molecule has 0 aliphatic carbocycles. The summed E-state index contributed by atoms with van der Waals surface area (Å²) in [5.41, 5.74) is 1.89. The van der Waals surface area contributed by atoms with Crippen molar-refractivity contribution < 1.29 is 13.0 Å². The van der Waals surface area contributed by atoms with E-state index in [0.29, 0.717) is 6.42 Å². The molecular weight excluding hydrogens is 296 g/mol. The minimum atomic E-state index is -4.13. The zero-order valence-electron chi connectivity index (χ0n) is 14.1. The second-order valence-electron chi connectivity index (χ2n) is 6.47. The second kappa shape index (κ2) is 9.31. The summed E-state index contributed by atoms with van der Waals surface area (Å²) in [6.07, 6.45) is 8.25. The summed E-state index contributed by atoms with van der Waals surface area (Å²) in [6, 6.07) is 5.26. The van der Waals surface area contributed by atoms with E-state index in [9.17, 15) is 13.0 Å². The first-order valence-electron chi connectivity index (χ1n) is 8.44. The van der Waals surface area contributed by atoms with Gasteiger partial charge in [0.1, 0.15) is 0 Å². The number of rotatable bonds is 10. The highest BCUT2D eigenvalue weighted by molar-refractivity contribution is 7.85. The van der Waals surface area contributed by atoms with Gasteiger partial charge in [-0.2, -0.15) is 8.42 Å². The molecule has 0 saturated carbocycles. The molecule has 0 fully saturated rings. The topological polar surface area (TPSA) is 54.4 Å². The maximum atomic E-state index is 11.6. The highest BCUT2D eigenvalue weighted by atomic mass is 32.2. The van der Waals surface area contributed by atoms with Crippen molar-refractivity contribution >= 4 is 10.1 Å². The molecule has 0 unspecified atom stereocenters. The SMILES string of the molecule is CCCCc1c(CCCCCC(C)C)cccc1S(=O)(=O)O. The summed E-state index contributed by atoms with van der Waals surface area (Å²) >= 11 is 0. The average Bonchev–Trinajstić information content (AvgIpc) is 2.43. The molecular formula is C18H30O3S. The van der Waals surface area contributed by atoms with Crippen LogP contribution in [0.2, 0.25) is 0 Å². The van der Waals surface area contributed by atoms with Crippen molar-refractivity contribution in [3.8, 4) is 0 Å². The van der Waals surface area contributed by atoms with Gasteiger partial charge in [-0.05, 0) is 48.8 Å². The van der Waals surface area contributed by atoms with E-state index in [-0.39, 0.29) is 4.90 Å². The maximum absolute atomic E-state index is 11.6. The van der Waals surface area contributed by atoms with Crippen LogP contribution in [0.15, 0.2) is 23.1 Å². The molecule has 0 aliphatic heterocycles. The highest BCUT2D eigenvalue weighted by Gasteiger charge is 2.17. The van der Waals surface area contributed by atoms with Crippen molar-refractivity contribution in [2.24, 2.45) is 5.92 Å². The lowest BCUT2D eigenvalue weighted by atomic mass is 9.96. The predicted octanol–water partition coefficient (Wildman–Crippen LogP) is 5.03. The standard InChI is InChI=1S/C18H30O3S/c1-4-5-13-17-16(11-8-6-7-10-15(2)3)12-9-14-18(17)22(19,20)21/h9,12,14-15H,4-8,10-11,13H2,1-3H3,(H,19,20,21). The van der Waals surface area contributed by atoms with E-state index in [0.717, 1.165) is 42.7 Å². The lowest BCUT2D eigenvalue weighted by Crippen LogP contribution is -2.07. The Morgan fingerprint density at radius 1 is 1.05 bits per heavy atom. The van der Waals surface area contributed by atoms with Gasteiger partial charge < -0.3 is 0 Å². The predicted molar refractivity (Wildman–Crippen MR) is 91.9 cm³/mol. The molecule has 0 aromatic heterocycles. The van der Waals surface area contributed by atoms with Crippen LogP contribution < -0.4 is 0 Å². The third-order valence-corrected chi connectivity index (χ3v) is 4.95. The molecule has 4 heteroatoms. The first-order chi connectivity index (χ1) is 10.4. The fourth-order valence-electron chi connectivity index (χ4n) is 2.77. The van der Waals surface area contributed by atoms with Crippen LogP contribution in [0.3, 0.4) is 0 Å².